The van der Waals surface area contributed by atoms with Gasteiger partial charge in [-0.15, -0.1) is 0 Å². The minimum absolute atomic E-state index is 0.0140. The fraction of sp³-hybridized carbons (Fsp3) is 0.364. The maximum absolute atomic E-state index is 12.8. The number of aryl methyl sites for hydroxylation is 1. The second kappa shape index (κ2) is 9.03. The van der Waals surface area contributed by atoms with Gasteiger partial charge in [0.2, 0.25) is 17.7 Å². The molecule has 4 rings (SSSR count). The van der Waals surface area contributed by atoms with Crippen LogP contribution in [0.25, 0.3) is 0 Å². The van der Waals surface area contributed by atoms with E-state index >= 15 is 0 Å². The topological polar surface area (TPSA) is 99.8 Å². The van der Waals surface area contributed by atoms with Gasteiger partial charge in [-0.25, -0.2) is 0 Å². The highest BCUT2D eigenvalue weighted by Crippen LogP contribution is 2.29. The first-order chi connectivity index (χ1) is 15.1. The van der Waals surface area contributed by atoms with E-state index in [0.717, 1.165) is 11.3 Å². The van der Waals surface area contributed by atoms with Crippen LogP contribution in [0.2, 0.25) is 0 Å². The molecule has 0 radical (unpaired) electrons. The van der Waals surface area contributed by atoms with Crippen LogP contribution in [0, 0.1) is 6.92 Å². The van der Waals surface area contributed by atoms with Crippen LogP contribution in [0.15, 0.2) is 40.9 Å². The summed E-state index contributed by atoms with van der Waals surface area (Å²) in [6.07, 6.45) is 0.543. The van der Waals surface area contributed by atoms with Gasteiger partial charge in [0, 0.05) is 25.6 Å². The van der Waals surface area contributed by atoms with Gasteiger partial charge in [0.1, 0.15) is 11.3 Å². The quantitative estimate of drug-likeness (QED) is 0.544. The summed E-state index contributed by atoms with van der Waals surface area (Å²) in [5, 5.41) is 4.03. The Kier molecular flexibility index (Phi) is 6.01. The highest BCUT2D eigenvalue weighted by Gasteiger charge is 2.37. The number of hydrogen-bond donors (Lipinski definition) is 0. The highest BCUT2D eigenvalue weighted by molar-refractivity contribution is 5.97. The lowest BCUT2D eigenvalue weighted by molar-refractivity contribution is 0.0565. The molecule has 0 spiro atoms. The second-order valence-corrected chi connectivity index (χ2v) is 7.28. The van der Waals surface area contributed by atoms with E-state index in [0.29, 0.717) is 49.3 Å². The Morgan fingerprint density at radius 1 is 1.16 bits per heavy atom. The lowest BCUT2D eigenvalue weighted by atomic mass is 9.99. The third-order valence-electron chi connectivity index (χ3n) is 5.05. The van der Waals surface area contributed by atoms with Crippen molar-refractivity contribution in [3.05, 3.63) is 59.2 Å². The van der Waals surface area contributed by atoms with Crippen LogP contribution in [-0.2, 0) is 6.42 Å². The van der Waals surface area contributed by atoms with Crippen molar-refractivity contribution in [2.24, 2.45) is 0 Å². The van der Waals surface area contributed by atoms with Crippen LogP contribution in [0.4, 0.5) is 0 Å². The summed E-state index contributed by atoms with van der Waals surface area (Å²) in [6.45, 7) is 3.47. The smallest absolute Gasteiger partial charge is 0.259 e. The molecule has 1 fully saturated rings. The minimum atomic E-state index is -0.158. The molecule has 9 nitrogen and oxygen atoms in total. The summed E-state index contributed by atoms with van der Waals surface area (Å²) in [5.74, 6) is 2.43. The number of aromatic nitrogens is 3. The maximum Gasteiger partial charge on any atom is 0.259 e. The molecule has 3 heterocycles. The highest BCUT2D eigenvalue weighted by atomic mass is 16.5. The van der Waals surface area contributed by atoms with Crippen LogP contribution in [0.1, 0.15) is 33.6 Å². The number of carbonyl (C=O) groups is 1. The number of methoxy groups -OCH3 is 2. The van der Waals surface area contributed by atoms with Gasteiger partial charge in [-0.05, 0) is 30.7 Å². The fourth-order valence-electron chi connectivity index (χ4n) is 3.33. The SMILES string of the molecule is COc1ccc(C(=O)N2CC(c3nc(CCOc4cccc(C)c4)no3)C2)c(OC)n1. The van der Waals surface area contributed by atoms with Crippen molar-refractivity contribution in [2.75, 3.05) is 33.9 Å². The van der Waals surface area contributed by atoms with Crippen molar-refractivity contribution in [3.63, 3.8) is 0 Å². The Bertz CT molecular complexity index is 1060. The zero-order chi connectivity index (χ0) is 21.8. The molecule has 9 heteroatoms. The molecule has 0 atom stereocenters. The van der Waals surface area contributed by atoms with Crippen molar-refractivity contribution in [3.8, 4) is 17.5 Å². The molecule has 0 bridgehead atoms. The number of hydrogen-bond acceptors (Lipinski definition) is 8. The monoisotopic (exact) mass is 424 g/mol. The van der Waals surface area contributed by atoms with E-state index in [1.807, 2.05) is 31.2 Å². The minimum Gasteiger partial charge on any atom is -0.493 e. The summed E-state index contributed by atoms with van der Waals surface area (Å²) < 4.78 is 21.4. The number of pyridine rings is 1. The lowest BCUT2D eigenvalue weighted by Crippen LogP contribution is -2.48. The molecule has 0 unspecified atom stereocenters. The van der Waals surface area contributed by atoms with Crippen molar-refractivity contribution >= 4 is 5.91 Å². The molecule has 2 aromatic heterocycles. The van der Waals surface area contributed by atoms with E-state index in [9.17, 15) is 4.79 Å². The van der Waals surface area contributed by atoms with Gasteiger partial charge in [-0.2, -0.15) is 9.97 Å². The summed E-state index contributed by atoms with van der Waals surface area (Å²) in [7, 11) is 2.98. The Balaban J connectivity index is 1.29. The molecule has 0 aliphatic carbocycles. The van der Waals surface area contributed by atoms with Crippen LogP contribution in [0.3, 0.4) is 0 Å². The van der Waals surface area contributed by atoms with Gasteiger partial charge in [-0.3, -0.25) is 4.79 Å². The summed E-state index contributed by atoms with van der Waals surface area (Å²) in [6, 6.07) is 11.2. The Labute approximate surface area is 179 Å². The maximum atomic E-state index is 12.8. The molecular weight excluding hydrogens is 400 g/mol. The molecule has 1 saturated heterocycles. The molecule has 0 N–H and O–H groups in total. The molecule has 162 valence electrons. The first kappa shape index (κ1) is 20.6. The molecule has 31 heavy (non-hydrogen) atoms. The number of rotatable bonds is 8. The van der Waals surface area contributed by atoms with Gasteiger partial charge < -0.3 is 23.6 Å². The van der Waals surface area contributed by atoms with E-state index in [2.05, 4.69) is 15.1 Å². The van der Waals surface area contributed by atoms with E-state index in [-0.39, 0.29) is 17.7 Å². The summed E-state index contributed by atoms with van der Waals surface area (Å²) in [5.41, 5.74) is 1.53. The predicted molar refractivity (Wildman–Crippen MR) is 111 cm³/mol. The standard InChI is InChI=1S/C22H24N4O5/c1-14-5-4-6-16(11-14)30-10-9-18-23-20(31-25-18)15-12-26(13-15)22(27)17-7-8-19(28-2)24-21(17)29-3/h4-8,11,15H,9-10,12-13H2,1-3H3. The summed E-state index contributed by atoms with van der Waals surface area (Å²) in [4.78, 5) is 23.1. The molecule has 1 amide bonds. The first-order valence-corrected chi connectivity index (χ1v) is 9.97. The van der Waals surface area contributed by atoms with Gasteiger partial charge in [0.25, 0.3) is 5.91 Å². The molecule has 1 aliphatic rings. The fourth-order valence-corrected chi connectivity index (χ4v) is 3.33. The average Bonchev–Trinajstić information content (AvgIpc) is 3.20. The predicted octanol–water partition coefficient (Wildman–Crippen LogP) is 2.65. The number of nitrogens with zero attached hydrogens (tertiary/aromatic N) is 4. The molecule has 3 aromatic rings. The Hall–Kier alpha value is -3.62. The number of carbonyl (C=O) groups excluding carboxylic acids is 1. The van der Waals surface area contributed by atoms with E-state index < -0.39 is 0 Å². The van der Waals surface area contributed by atoms with Crippen LogP contribution < -0.4 is 14.2 Å². The summed E-state index contributed by atoms with van der Waals surface area (Å²) >= 11 is 0. The molecule has 1 aromatic carbocycles. The second-order valence-electron chi connectivity index (χ2n) is 7.28. The van der Waals surface area contributed by atoms with Gasteiger partial charge >= 0.3 is 0 Å². The van der Waals surface area contributed by atoms with Gasteiger partial charge in [-0.1, -0.05) is 17.3 Å². The van der Waals surface area contributed by atoms with Crippen molar-refractivity contribution < 1.29 is 23.5 Å². The number of ether oxygens (including phenoxy) is 3. The lowest BCUT2D eigenvalue weighted by Gasteiger charge is -2.37. The number of amides is 1. The van der Waals surface area contributed by atoms with Gasteiger partial charge in [0.15, 0.2) is 5.82 Å². The third-order valence-corrected chi connectivity index (χ3v) is 5.05. The first-order valence-electron chi connectivity index (χ1n) is 9.97. The zero-order valence-corrected chi connectivity index (χ0v) is 17.7. The molecular formula is C22H24N4O5. The molecule has 1 aliphatic heterocycles. The zero-order valence-electron chi connectivity index (χ0n) is 17.7. The van der Waals surface area contributed by atoms with Crippen molar-refractivity contribution in [1.82, 2.24) is 20.0 Å². The Morgan fingerprint density at radius 2 is 2.00 bits per heavy atom. The van der Waals surface area contributed by atoms with Crippen LogP contribution in [-0.4, -0.2) is 59.8 Å². The van der Waals surface area contributed by atoms with Crippen molar-refractivity contribution in [2.45, 2.75) is 19.3 Å². The molecule has 0 saturated carbocycles. The average molecular weight is 424 g/mol. The normalized spacial score (nSPS) is 13.6. The number of benzene rings is 1. The van der Waals surface area contributed by atoms with Crippen molar-refractivity contribution in [1.29, 1.82) is 0 Å². The van der Waals surface area contributed by atoms with E-state index in [1.54, 1.807) is 17.0 Å². The van der Waals surface area contributed by atoms with Crippen LogP contribution >= 0.6 is 0 Å². The Morgan fingerprint density at radius 3 is 2.74 bits per heavy atom. The van der Waals surface area contributed by atoms with Gasteiger partial charge in [0.05, 0.1) is 26.7 Å². The number of likely N-dealkylation sites (tertiary alicyclic amines) is 1. The largest absolute Gasteiger partial charge is 0.493 e. The van der Waals surface area contributed by atoms with Crippen LogP contribution in [0.5, 0.6) is 17.5 Å². The van der Waals surface area contributed by atoms with E-state index in [1.165, 1.54) is 14.2 Å². The third kappa shape index (κ3) is 4.60. The van der Waals surface area contributed by atoms with E-state index in [4.69, 9.17) is 18.7 Å².